The highest BCUT2D eigenvalue weighted by molar-refractivity contribution is 7.85. The van der Waals surface area contributed by atoms with Gasteiger partial charge in [0.15, 0.2) is 0 Å². The number of hydrogen-bond donors (Lipinski definition) is 0. The minimum absolute atomic E-state index is 0.247. The Kier molecular flexibility index (Phi) is 5.36. The lowest BCUT2D eigenvalue weighted by Gasteiger charge is -2.17. The van der Waals surface area contributed by atoms with Gasteiger partial charge in [-0.1, -0.05) is 12.1 Å². The number of hydrogen-bond acceptors (Lipinski definition) is 2. The van der Waals surface area contributed by atoms with Gasteiger partial charge in [-0.15, -0.1) is 0 Å². The molecule has 1 saturated carbocycles. The van der Waals surface area contributed by atoms with Crippen molar-refractivity contribution in [3.63, 3.8) is 0 Å². The first-order valence-corrected chi connectivity index (χ1v) is 12.3. The van der Waals surface area contributed by atoms with Crippen molar-refractivity contribution in [2.75, 3.05) is 0 Å². The Hall–Kier alpha value is -2.60. The van der Waals surface area contributed by atoms with E-state index in [1.54, 1.807) is 18.5 Å². The Morgan fingerprint density at radius 3 is 2.41 bits per heavy atom. The van der Waals surface area contributed by atoms with Crippen molar-refractivity contribution in [1.82, 2.24) is 9.55 Å². The maximum Gasteiger partial charge on any atom is 0.144 e. The highest BCUT2D eigenvalue weighted by atomic mass is 32.2. The molecule has 2 aromatic carbocycles. The van der Waals surface area contributed by atoms with E-state index in [0.29, 0.717) is 11.8 Å². The van der Waals surface area contributed by atoms with Crippen LogP contribution in [0.25, 0.3) is 16.9 Å². The Morgan fingerprint density at radius 2 is 1.72 bits per heavy atom. The molecule has 1 heterocycles. The van der Waals surface area contributed by atoms with Crippen LogP contribution in [-0.2, 0) is 23.8 Å². The zero-order valence-electron chi connectivity index (χ0n) is 18.7. The van der Waals surface area contributed by atoms with Crippen LogP contribution in [0.3, 0.4) is 0 Å². The topological polar surface area (TPSA) is 47.2 Å². The highest BCUT2D eigenvalue weighted by Crippen LogP contribution is 2.39. The van der Waals surface area contributed by atoms with E-state index in [9.17, 15) is 8.60 Å². The molecule has 166 valence electrons. The van der Waals surface area contributed by atoms with Gasteiger partial charge < -0.3 is 4.57 Å². The molecule has 2 unspecified atom stereocenters. The smallest absolute Gasteiger partial charge is 0.144 e. The van der Waals surface area contributed by atoms with Crippen LogP contribution in [0.1, 0.15) is 44.7 Å². The summed E-state index contributed by atoms with van der Waals surface area (Å²) >= 11 is 0. The Labute approximate surface area is 191 Å². The number of rotatable bonds is 3. The third-order valence-corrected chi connectivity index (χ3v) is 7.98. The molecule has 4 nitrogen and oxygen atoms in total. The van der Waals surface area contributed by atoms with Crippen LogP contribution in [0, 0.1) is 17.7 Å². The summed E-state index contributed by atoms with van der Waals surface area (Å²) in [5, 5.41) is 0. The van der Waals surface area contributed by atoms with E-state index in [-0.39, 0.29) is 10.6 Å². The summed E-state index contributed by atoms with van der Waals surface area (Å²) in [7, 11) is -1.21. The molecule has 3 atom stereocenters. The first kappa shape index (κ1) is 21.3. The average molecular weight is 450 g/mol. The molecule has 2 aliphatic rings. The van der Waals surface area contributed by atoms with Gasteiger partial charge in [0.05, 0.1) is 16.8 Å². The number of imidazole rings is 1. The monoisotopic (exact) mass is 449 g/mol. The predicted octanol–water partition coefficient (Wildman–Crippen LogP) is 5.71. The first-order valence-electron chi connectivity index (χ1n) is 11.2. The minimum Gasteiger partial charge on any atom is -0.306 e. The van der Waals surface area contributed by atoms with Crippen molar-refractivity contribution in [3.05, 3.63) is 71.9 Å². The van der Waals surface area contributed by atoms with Gasteiger partial charge >= 0.3 is 0 Å². The van der Waals surface area contributed by atoms with E-state index >= 15 is 0 Å². The molecule has 1 aromatic heterocycles. The van der Waals surface area contributed by atoms with Crippen molar-refractivity contribution in [1.29, 1.82) is 0 Å². The summed E-state index contributed by atoms with van der Waals surface area (Å²) in [6.45, 7) is 5.95. The van der Waals surface area contributed by atoms with Crippen LogP contribution < -0.4 is 0 Å². The van der Waals surface area contributed by atoms with E-state index in [4.69, 9.17) is 4.40 Å². The third-order valence-electron chi connectivity index (χ3n) is 6.55. The van der Waals surface area contributed by atoms with Crippen molar-refractivity contribution < 1.29 is 8.60 Å². The van der Waals surface area contributed by atoms with Crippen LogP contribution in [0.2, 0.25) is 0 Å². The van der Waals surface area contributed by atoms with Gasteiger partial charge in [-0.3, -0.25) is 0 Å². The molecule has 2 aliphatic carbocycles. The van der Waals surface area contributed by atoms with Crippen molar-refractivity contribution in [2.45, 2.75) is 51.2 Å². The summed E-state index contributed by atoms with van der Waals surface area (Å²) in [4.78, 5) is 4.59. The van der Waals surface area contributed by atoms with Gasteiger partial charge in [0.1, 0.15) is 16.8 Å². The Morgan fingerprint density at radius 1 is 1.03 bits per heavy atom. The fourth-order valence-electron chi connectivity index (χ4n) is 4.76. The second-order valence-corrected chi connectivity index (χ2v) is 11.8. The lowest BCUT2D eigenvalue weighted by Crippen LogP contribution is -2.24. The molecule has 5 rings (SSSR count). The molecule has 0 saturated heterocycles. The number of benzene rings is 2. The summed E-state index contributed by atoms with van der Waals surface area (Å²) in [5.41, 5.74) is 6.74. The SMILES string of the molecule is CC(C)(C)S(=O)N=C1C2CC[C@@H]1Cc1cc(-c3cn(-c4ccc(F)cc4)cn3)ccc1C2. The second-order valence-electron chi connectivity index (χ2n) is 9.88. The van der Waals surface area contributed by atoms with Gasteiger partial charge in [0, 0.05) is 35.0 Å². The molecule has 0 amide bonds. The molecule has 6 heteroatoms. The molecule has 0 N–H and O–H groups in total. The number of nitrogens with zero attached hydrogens (tertiary/aromatic N) is 3. The van der Waals surface area contributed by atoms with Gasteiger partial charge in [0.25, 0.3) is 0 Å². The molecular formula is C26H28FN3OS. The van der Waals surface area contributed by atoms with Gasteiger partial charge in [0.2, 0.25) is 0 Å². The number of aromatic nitrogens is 2. The van der Waals surface area contributed by atoms with Gasteiger partial charge in [-0.25, -0.2) is 13.6 Å². The van der Waals surface area contributed by atoms with E-state index in [2.05, 4.69) is 23.2 Å². The van der Waals surface area contributed by atoms with Crippen molar-refractivity contribution in [2.24, 2.45) is 16.2 Å². The molecular weight excluding hydrogens is 421 g/mol. The lowest BCUT2D eigenvalue weighted by atomic mass is 9.91. The van der Waals surface area contributed by atoms with Crippen LogP contribution in [0.4, 0.5) is 4.39 Å². The standard InChI is InChI=1S/C26H28FN3OS/c1-26(2,3)32(31)29-25-19-6-7-20(25)14-21-13-18(5-4-17(21)12-19)24-15-30(16-28-24)23-10-8-22(27)9-11-23/h4-5,8-11,13,15-16,19-20H,6-7,12,14H2,1-3H3/t19?,20-,32?/m1/s1. The number of halogens is 1. The molecule has 2 bridgehead atoms. The Balaban J connectivity index is 1.43. The van der Waals surface area contributed by atoms with Crippen LogP contribution in [0.15, 0.2) is 59.4 Å². The molecule has 1 fully saturated rings. The predicted molar refractivity (Wildman–Crippen MR) is 128 cm³/mol. The zero-order chi connectivity index (χ0) is 22.5. The molecule has 0 radical (unpaired) electrons. The lowest BCUT2D eigenvalue weighted by molar-refractivity contribution is 0.594. The summed E-state index contributed by atoms with van der Waals surface area (Å²) in [6, 6.07) is 13.0. The van der Waals surface area contributed by atoms with Gasteiger partial charge in [-0.2, -0.15) is 4.40 Å². The van der Waals surface area contributed by atoms with Crippen LogP contribution >= 0.6 is 0 Å². The maximum absolute atomic E-state index is 13.2. The van der Waals surface area contributed by atoms with E-state index in [1.807, 2.05) is 31.5 Å². The van der Waals surface area contributed by atoms with E-state index in [0.717, 1.165) is 48.3 Å². The molecule has 0 spiro atoms. The van der Waals surface area contributed by atoms with Crippen LogP contribution in [-0.4, -0.2) is 24.2 Å². The van der Waals surface area contributed by atoms with Crippen molar-refractivity contribution >= 4 is 16.7 Å². The minimum atomic E-state index is -1.21. The van der Waals surface area contributed by atoms with E-state index in [1.165, 1.54) is 23.3 Å². The normalized spacial score (nSPS) is 22.6. The summed E-state index contributed by atoms with van der Waals surface area (Å²) < 4.78 is 32.3. The quantitative estimate of drug-likeness (QED) is 0.514. The van der Waals surface area contributed by atoms with Gasteiger partial charge in [-0.05, 0) is 87.9 Å². The molecule has 32 heavy (non-hydrogen) atoms. The highest BCUT2D eigenvalue weighted by Gasteiger charge is 2.37. The largest absolute Gasteiger partial charge is 0.306 e. The summed E-state index contributed by atoms with van der Waals surface area (Å²) in [5.74, 6) is 0.527. The zero-order valence-corrected chi connectivity index (χ0v) is 19.5. The van der Waals surface area contributed by atoms with E-state index < -0.39 is 11.0 Å². The second kappa shape index (κ2) is 8.07. The fraction of sp³-hybridized carbons (Fsp3) is 0.385. The molecule has 0 aliphatic heterocycles. The maximum atomic E-state index is 13.2. The van der Waals surface area contributed by atoms with Crippen LogP contribution in [0.5, 0.6) is 0 Å². The Bertz CT molecular complexity index is 1210. The third kappa shape index (κ3) is 4.08. The fourth-order valence-corrected chi connectivity index (χ4v) is 5.52. The average Bonchev–Trinajstić information content (AvgIpc) is 3.33. The number of fused-ring (bicyclic) bond motifs is 3. The first-order chi connectivity index (χ1) is 15.3. The molecule has 3 aromatic rings. The summed E-state index contributed by atoms with van der Waals surface area (Å²) in [6.07, 6.45) is 7.91. The van der Waals surface area contributed by atoms with Crippen molar-refractivity contribution in [3.8, 4) is 16.9 Å².